The van der Waals surface area contributed by atoms with Crippen molar-refractivity contribution in [2.24, 2.45) is 16.5 Å². The number of aliphatic imine (C=N–C) groups is 1. The van der Waals surface area contributed by atoms with Crippen LogP contribution in [0.25, 0.3) is 0 Å². The minimum atomic E-state index is -0.489. The molecule has 0 spiro atoms. The van der Waals surface area contributed by atoms with Gasteiger partial charge in [0.1, 0.15) is 5.75 Å². The summed E-state index contributed by atoms with van der Waals surface area (Å²) in [6.45, 7) is 4.00. The molecule has 1 aliphatic heterocycles. The Bertz CT molecular complexity index is 761. The lowest BCUT2D eigenvalue weighted by molar-refractivity contribution is -0.119. The van der Waals surface area contributed by atoms with Gasteiger partial charge in [0.25, 0.3) is 5.91 Å². The summed E-state index contributed by atoms with van der Waals surface area (Å²) in [4.78, 5) is 24.0. The fraction of sp³-hybridized carbons (Fsp3) is 0.389. The van der Waals surface area contributed by atoms with Gasteiger partial charge < -0.3 is 26.0 Å². The average Bonchev–Trinajstić information content (AvgIpc) is 3.22. The molecule has 1 aromatic carbocycles. The second kappa shape index (κ2) is 11.1. The summed E-state index contributed by atoms with van der Waals surface area (Å²) in [5.74, 6) is 0.727. The van der Waals surface area contributed by atoms with E-state index in [0.29, 0.717) is 18.3 Å². The van der Waals surface area contributed by atoms with Gasteiger partial charge in [0, 0.05) is 44.3 Å². The number of benzene rings is 1. The minimum absolute atomic E-state index is 0. The van der Waals surface area contributed by atoms with Gasteiger partial charge in [-0.2, -0.15) is 0 Å². The van der Waals surface area contributed by atoms with Gasteiger partial charge in [-0.25, -0.2) is 4.98 Å². The molecular formula is C18H25IN6O2S. The van der Waals surface area contributed by atoms with E-state index in [1.807, 2.05) is 35.8 Å². The van der Waals surface area contributed by atoms with Gasteiger partial charge in [0.2, 0.25) is 0 Å². The van der Waals surface area contributed by atoms with Crippen LogP contribution < -0.4 is 21.1 Å². The zero-order chi connectivity index (χ0) is 19.1. The first-order valence-electron chi connectivity index (χ1n) is 8.81. The zero-order valence-corrected chi connectivity index (χ0v) is 18.6. The Morgan fingerprint density at radius 3 is 2.50 bits per heavy atom. The summed E-state index contributed by atoms with van der Waals surface area (Å²) in [6, 6.07) is 7.55. The van der Waals surface area contributed by atoms with Gasteiger partial charge in [-0.1, -0.05) is 12.1 Å². The first-order chi connectivity index (χ1) is 13.1. The van der Waals surface area contributed by atoms with Crippen LogP contribution in [0.5, 0.6) is 5.75 Å². The Labute approximate surface area is 185 Å². The number of hydrogen-bond donors (Lipinski definition) is 2. The molecule has 0 aliphatic carbocycles. The van der Waals surface area contributed by atoms with Crippen LogP contribution in [0.15, 0.2) is 40.8 Å². The first-order valence-corrected chi connectivity index (χ1v) is 9.69. The molecular weight excluding hydrogens is 491 g/mol. The molecule has 2 heterocycles. The number of carbonyl (C=O) groups is 1. The highest BCUT2D eigenvalue weighted by atomic mass is 127. The number of carbonyl (C=O) groups excluding carboxylic acids is 1. The third-order valence-electron chi connectivity index (χ3n) is 4.27. The van der Waals surface area contributed by atoms with Gasteiger partial charge >= 0.3 is 0 Å². The van der Waals surface area contributed by atoms with Gasteiger partial charge in [-0.15, -0.1) is 35.3 Å². The summed E-state index contributed by atoms with van der Waals surface area (Å²) < 4.78 is 5.24. The molecule has 1 aromatic heterocycles. The van der Waals surface area contributed by atoms with Crippen LogP contribution in [-0.2, 0) is 11.2 Å². The molecule has 10 heteroatoms. The highest BCUT2D eigenvalue weighted by Gasteiger charge is 2.19. The standard InChI is InChI=1S/C18H24N6O2S.HI/c19-16(25)13-26-15-3-1-14(2-4-15)5-6-21-17(20)23-8-10-24(11-9-23)18-22-7-12-27-18;/h1-4,7,12H,5-6,8-11,13H2,(H2,19,25)(H2,20,21);1H. The molecule has 1 fully saturated rings. The number of piperazine rings is 1. The molecule has 8 nitrogen and oxygen atoms in total. The van der Waals surface area contributed by atoms with E-state index in [-0.39, 0.29) is 30.6 Å². The maximum atomic E-state index is 10.7. The lowest BCUT2D eigenvalue weighted by atomic mass is 10.1. The van der Waals surface area contributed by atoms with E-state index >= 15 is 0 Å². The van der Waals surface area contributed by atoms with Gasteiger partial charge in [-0.05, 0) is 24.1 Å². The number of halogens is 1. The summed E-state index contributed by atoms with van der Waals surface area (Å²) in [7, 11) is 0. The fourth-order valence-electron chi connectivity index (χ4n) is 2.81. The SMILES string of the molecule is I.NC(=O)COc1ccc(CCN=C(N)N2CCN(c3nccs3)CC2)cc1. The van der Waals surface area contributed by atoms with Crippen LogP contribution in [0.3, 0.4) is 0 Å². The van der Waals surface area contributed by atoms with Crippen molar-refractivity contribution in [3.05, 3.63) is 41.4 Å². The van der Waals surface area contributed by atoms with Crippen molar-refractivity contribution in [3.8, 4) is 5.75 Å². The number of guanidine groups is 1. The van der Waals surface area contributed by atoms with E-state index in [4.69, 9.17) is 16.2 Å². The molecule has 0 saturated carbocycles. The number of rotatable bonds is 7. The van der Waals surface area contributed by atoms with Crippen molar-refractivity contribution in [3.63, 3.8) is 0 Å². The van der Waals surface area contributed by atoms with Crippen LogP contribution in [0, 0.1) is 0 Å². The molecule has 0 unspecified atom stereocenters. The number of amides is 1. The smallest absolute Gasteiger partial charge is 0.255 e. The lowest BCUT2D eigenvalue weighted by Gasteiger charge is -2.35. The number of primary amides is 1. The molecule has 28 heavy (non-hydrogen) atoms. The van der Waals surface area contributed by atoms with E-state index < -0.39 is 5.91 Å². The highest BCUT2D eigenvalue weighted by molar-refractivity contribution is 14.0. The Kier molecular flexibility index (Phi) is 8.77. The quantitative estimate of drug-likeness (QED) is 0.326. The van der Waals surface area contributed by atoms with E-state index in [0.717, 1.165) is 43.3 Å². The number of nitrogens with zero attached hydrogens (tertiary/aromatic N) is 4. The summed E-state index contributed by atoms with van der Waals surface area (Å²) in [6.07, 6.45) is 2.62. The highest BCUT2D eigenvalue weighted by Crippen LogP contribution is 2.18. The maximum absolute atomic E-state index is 10.7. The molecule has 0 bridgehead atoms. The minimum Gasteiger partial charge on any atom is -0.484 e. The topological polar surface area (TPSA) is 110 Å². The number of hydrogen-bond acceptors (Lipinski definition) is 6. The van der Waals surface area contributed by atoms with Crippen molar-refractivity contribution in [2.45, 2.75) is 6.42 Å². The second-order valence-electron chi connectivity index (χ2n) is 6.18. The van der Waals surface area contributed by atoms with E-state index in [1.165, 1.54) is 0 Å². The van der Waals surface area contributed by atoms with Crippen LogP contribution >= 0.6 is 35.3 Å². The van der Waals surface area contributed by atoms with E-state index in [1.54, 1.807) is 11.3 Å². The van der Waals surface area contributed by atoms with Crippen molar-refractivity contribution in [1.82, 2.24) is 9.88 Å². The number of anilines is 1. The molecule has 152 valence electrons. The third kappa shape index (κ3) is 6.51. The van der Waals surface area contributed by atoms with Crippen LogP contribution in [0.2, 0.25) is 0 Å². The summed E-state index contributed by atoms with van der Waals surface area (Å²) >= 11 is 1.66. The molecule has 1 aliphatic rings. The van der Waals surface area contributed by atoms with Crippen molar-refractivity contribution in [2.75, 3.05) is 44.2 Å². The van der Waals surface area contributed by atoms with Crippen molar-refractivity contribution >= 4 is 52.3 Å². The van der Waals surface area contributed by atoms with Gasteiger partial charge in [-0.3, -0.25) is 9.79 Å². The largest absolute Gasteiger partial charge is 0.484 e. The zero-order valence-electron chi connectivity index (χ0n) is 15.5. The molecule has 4 N–H and O–H groups in total. The number of nitrogens with two attached hydrogens (primary N) is 2. The Morgan fingerprint density at radius 2 is 1.89 bits per heavy atom. The summed E-state index contributed by atoms with van der Waals surface area (Å²) in [5.41, 5.74) is 12.3. The fourth-order valence-corrected chi connectivity index (χ4v) is 3.50. The molecule has 3 rings (SSSR count). The molecule has 1 saturated heterocycles. The molecule has 0 atom stereocenters. The Morgan fingerprint density at radius 1 is 1.18 bits per heavy atom. The summed E-state index contributed by atoms with van der Waals surface area (Å²) in [5, 5.41) is 3.06. The average molecular weight is 516 g/mol. The predicted octanol–water partition coefficient (Wildman–Crippen LogP) is 1.30. The Hall–Kier alpha value is -2.08. The molecule has 0 radical (unpaired) electrons. The van der Waals surface area contributed by atoms with Gasteiger partial charge in [0.05, 0.1) is 0 Å². The number of ether oxygens (including phenoxy) is 1. The van der Waals surface area contributed by atoms with Crippen LogP contribution in [-0.4, -0.2) is 61.1 Å². The van der Waals surface area contributed by atoms with Crippen molar-refractivity contribution < 1.29 is 9.53 Å². The first kappa shape index (κ1) is 22.2. The molecule has 1 amide bonds. The lowest BCUT2D eigenvalue weighted by Crippen LogP contribution is -2.51. The van der Waals surface area contributed by atoms with Gasteiger partial charge in [0.15, 0.2) is 17.7 Å². The van der Waals surface area contributed by atoms with Crippen LogP contribution in [0.4, 0.5) is 5.13 Å². The van der Waals surface area contributed by atoms with Crippen LogP contribution in [0.1, 0.15) is 5.56 Å². The normalized spacial score (nSPS) is 14.5. The third-order valence-corrected chi connectivity index (χ3v) is 5.10. The van der Waals surface area contributed by atoms with E-state index in [9.17, 15) is 4.79 Å². The second-order valence-corrected chi connectivity index (χ2v) is 7.05. The number of aromatic nitrogens is 1. The monoisotopic (exact) mass is 516 g/mol. The predicted molar refractivity (Wildman–Crippen MR) is 123 cm³/mol. The van der Waals surface area contributed by atoms with E-state index in [2.05, 4.69) is 19.8 Å². The molecule has 2 aromatic rings. The number of thiazole rings is 1. The Balaban J connectivity index is 0.00000280. The van der Waals surface area contributed by atoms with Crippen molar-refractivity contribution in [1.29, 1.82) is 0 Å². The maximum Gasteiger partial charge on any atom is 0.255 e.